The Morgan fingerprint density at radius 3 is 1.51 bits per heavy atom. The molecule has 0 atom stereocenters. The highest BCUT2D eigenvalue weighted by Crippen LogP contribution is 2.39. The Hall–Kier alpha value is -4.95. The summed E-state index contributed by atoms with van der Waals surface area (Å²) in [5, 5.41) is 8.74. The van der Waals surface area contributed by atoms with Crippen LogP contribution in [0.1, 0.15) is 52.7 Å². The van der Waals surface area contributed by atoms with E-state index in [9.17, 15) is 0 Å². The maximum absolute atomic E-state index is 5.34. The monoisotopic (exact) mass is 582 g/mol. The summed E-state index contributed by atoms with van der Waals surface area (Å²) in [4.78, 5) is 5.34. The van der Waals surface area contributed by atoms with Gasteiger partial charge in [-0.1, -0.05) is 114 Å². The molecule has 0 saturated heterocycles. The van der Waals surface area contributed by atoms with E-state index in [1.54, 1.807) is 0 Å². The van der Waals surface area contributed by atoms with Gasteiger partial charge >= 0.3 is 0 Å². The molecule has 0 fully saturated rings. The molecule has 0 spiro atoms. The van der Waals surface area contributed by atoms with E-state index >= 15 is 0 Å². The minimum absolute atomic E-state index is 0.0709. The average Bonchev–Trinajstić information content (AvgIpc) is 3.37. The number of benzene rings is 6. The Morgan fingerprint density at radius 2 is 0.956 bits per heavy atom. The van der Waals surface area contributed by atoms with Crippen LogP contribution in [0.3, 0.4) is 0 Å². The molecule has 0 unspecified atom stereocenters. The fraction of sp³-hybridized carbons (Fsp3) is 0.186. The van der Waals surface area contributed by atoms with Crippen LogP contribution in [0, 0.1) is 0 Å². The Labute approximate surface area is 265 Å². The van der Waals surface area contributed by atoms with E-state index in [-0.39, 0.29) is 10.8 Å². The van der Waals surface area contributed by atoms with Crippen molar-refractivity contribution < 1.29 is 0 Å². The zero-order chi connectivity index (χ0) is 31.1. The van der Waals surface area contributed by atoms with Crippen molar-refractivity contribution in [2.45, 2.75) is 52.4 Å². The normalized spacial score (nSPS) is 12.7. The summed E-state index contributed by atoms with van der Waals surface area (Å²) in [6.07, 6.45) is 0. The molecule has 0 saturated carbocycles. The van der Waals surface area contributed by atoms with Gasteiger partial charge in [-0.25, -0.2) is 4.98 Å². The topological polar surface area (TPSA) is 17.8 Å². The molecule has 220 valence electrons. The van der Waals surface area contributed by atoms with Crippen molar-refractivity contribution >= 4 is 54.3 Å². The van der Waals surface area contributed by atoms with E-state index in [2.05, 4.69) is 167 Å². The Morgan fingerprint density at radius 1 is 0.444 bits per heavy atom. The van der Waals surface area contributed by atoms with Crippen molar-refractivity contribution in [3.05, 3.63) is 132 Å². The first kappa shape index (κ1) is 27.6. The maximum atomic E-state index is 5.34. The minimum Gasteiger partial charge on any atom is -0.309 e. The summed E-state index contributed by atoms with van der Waals surface area (Å²) >= 11 is 0. The molecule has 6 aromatic carbocycles. The number of rotatable bonds is 2. The van der Waals surface area contributed by atoms with Gasteiger partial charge in [-0.15, -0.1) is 0 Å². The largest absolute Gasteiger partial charge is 0.309 e. The zero-order valence-electron chi connectivity index (χ0n) is 26.9. The molecule has 0 aliphatic rings. The highest BCUT2D eigenvalue weighted by atomic mass is 15.0. The van der Waals surface area contributed by atoms with Crippen LogP contribution < -0.4 is 0 Å². The van der Waals surface area contributed by atoms with E-state index in [0.29, 0.717) is 0 Å². The van der Waals surface area contributed by atoms with Crippen molar-refractivity contribution in [1.29, 1.82) is 0 Å². The quantitative estimate of drug-likeness (QED) is 0.185. The van der Waals surface area contributed by atoms with Crippen molar-refractivity contribution in [3.8, 4) is 16.9 Å². The van der Waals surface area contributed by atoms with Gasteiger partial charge in [0, 0.05) is 32.8 Å². The third-order valence-electron chi connectivity index (χ3n) is 9.48. The summed E-state index contributed by atoms with van der Waals surface area (Å²) in [7, 11) is 0. The van der Waals surface area contributed by atoms with Gasteiger partial charge in [0.05, 0.1) is 22.2 Å². The van der Waals surface area contributed by atoms with Gasteiger partial charge in [0.2, 0.25) is 0 Å². The third-order valence-corrected chi connectivity index (χ3v) is 9.48. The third kappa shape index (κ3) is 4.43. The molecule has 8 aromatic rings. The highest BCUT2D eigenvalue weighted by Gasteiger charge is 2.21. The average molecular weight is 583 g/mol. The fourth-order valence-electron chi connectivity index (χ4n) is 6.96. The number of hydrogen-bond acceptors (Lipinski definition) is 1. The summed E-state index contributed by atoms with van der Waals surface area (Å²) in [6.45, 7) is 13.7. The molecule has 0 aliphatic carbocycles. The molecule has 0 amide bonds. The number of pyridine rings is 1. The first-order valence-electron chi connectivity index (χ1n) is 16.0. The SMILES string of the molecule is CC(C)(C)c1ccc2c(c1)c1cc(C(C)(C)C)ccc1n2-c1cccc(-c2ccc3c4ccccc4c4ccccc4c3n2)c1. The van der Waals surface area contributed by atoms with E-state index in [1.807, 2.05) is 0 Å². The molecule has 0 radical (unpaired) electrons. The van der Waals surface area contributed by atoms with Crippen LogP contribution in [-0.2, 0) is 10.8 Å². The molecule has 2 heteroatoms. The van der Waals surface area contributed by atoms with E-state index < -0.39 is 0 Å². The summed E-state index contributed by atoms with van der Waals surface area (Å²) < 4.78 is 2.43. The van der Waals surface area contributed by atoms with E-state index in [1.165, 1.54) is 59.9 Å². The molecule has 0 bridgehead atoms. The van der Waals surface area contributed by atoms with Crippen LogP contribution >= 0.6 is 0 Å². The Balaban J connectivity index is 1.35. The second-order valence-electron chi connectivity index (χ2n) is 14.5. The number of nitrogens with zero attached hydrogens (tertiary/aromatic N) is 2. The molecular formula is C43H38N2. The molecule has 2 nitrogen and oxygen atoms in total. The molecule has 8 rings (SSSR count). The Kier molecular flexibility index (Phi) is 5.99. The lowest BCUT2D eigenvalue weighted by Crippen LogP contribution is -2.10. The predicted molar refractivity (Wildman–Crippen MR) is 194 cm³/mol. The molecule has 45 heavy (non-hydrogen) atoms. The van der Waals surface area contributed by atoms with E-state index in [0.717, 1.165) is 22.5 Å². The fourth-order valence-corrected chi connectivity index (χ4v) is 6.96. The second-order valence-corrected chi connectivity index (χ2v) is 14.5. The van der Waals surface area contributed by atoms with Crippen LogP contribution in [0.15, 0.2) is 121 Å². The van der Waals surface area contributed by atoms with Gasteiger partial charge in [-0.3, -0.25) is 0 Å². The number of fused-ring (bicyclic) bond motifs is 9. The van der Waals surface area contributed by atoms with Crippen LogP contribution in [0.5, 0.6) is 0 Å². The van der Waals surface area contributed by atoms with Crippen LogP contribution in [0.25, 0.3) is 71.2 Å². The standard InChI is InChI=1S/C43H38N2/c1-42(2,3)28-18-22-39-36(25-28)37-26-29(43(4,5)6)19-23-40(37)45(39)30-13-11-12-27(24-30)38-21-20-35-33-16-8-7-14-31(33)32-15-9-10-17-34(32)41(35)44-38/h7-26H,1-6H3. The summed E-state index contributed by atoms with van der Waals surface area (Å²) in [5.74, 6) is 0. The highest BCUT2D eigenvalue weighted by molar-refractivity contribution is 6.24. The zero-order valence-corrected chi connectivity index (χ0v) is 26.9. The van der Waals surface area contributed by atoms with Gasteiger partial charge in [0.15, 0.2) is 0 Å². The smallest absolute Gasteiger partial charge is 0.0794 e. The molecule has 2 aromatic heterocycles. The van der Waals surface area contributed by atoms with Gasteiger partial charge in [0.1, 0.15) is 0 Å². The van der Waals surface area contributed by atoms with Crippen molar-refractivity contribution in [3.63, 3.8) is 0 Å². The van der Waals surface area contributed by atoms with Gasteiger partial charge in [-0.05, 0) is 86.6 Å². The first-order valence-corrected chi connectivity index (χ1v) is 16.0. The minimum atomic E-state index is 0.0709. The van der Waals surface area contributed by atoms with Crippen molar-refractivity contribution in [2.24, 2.45) is 0 Å². The van der Waals surface area contributed by atoms with Gasteiger partial charge < -0.3 is 4.57 Å². The number of hydrogen-bond donors (Lipinski definition) is 0. The number of aromatic nitrogens is 2. The second kappa shape index (κ2) is 9.78. The van der Waals surface area contributed by atoms with Crippen molar-refractivity contribution in [2.75, 3.05) is 0 Å². The predicted octanol–water partition coefficient (Wildman–Crippen LogP) is 11.9. The summed E-state index contributed by atoms with van der Waals surface area (Å²) in [5.41, 5.74) is 9.58. The molecule has 2 heterocycles. The van der Waals surface area contributed by atoms with Crippen LogP contribution in [0.2, 0.25) is 0 Å². The lowest BCUT2D eigenvalue weighted by atomic mass is 9.85. The lowest BCUT2D eigenvalue weighted by Gasteiger charge is -2.19. The first-order chi connectivity index (χ1) is 21.6. The van der Waals surface area contributed by atoms with Gasteiger partial charge in [-0.2, -0.15) is 0 Å². The maximum Gasteiger partial charge on any atom is 0.0794 e. The van der Waals surface area contributed by atoms with Crippen LogP contribution in [-0.4, -0.2) is 9.55 Å². The summed E-state index contributed by atoms with van der Waals surface area (Å²) in [6, 6.07) is 44.7. The molecular weight excluding hydrogens is 544 g/mol. The van der Waals surface area contributed by atoms with Crippen LogP contribution in [0.4, 0.5) is 0 Å². The van der Waals surface area contributed by atoms with E-state index in [4.69, 9.17) is 4.98 Å². The molecule has 0 aliphatic heterocycles. The Bertz CT molecular complexity index is 2340. The van der Waals surface area contributed by atoms with Gasteiger partial charge in [0.25, 0.3) is 0 Å². The lowest BCUT2D eigenvalue weighted by molar-refractivity contribution is 0.590. The molecule has 0 N–H and O–H groups in total. The van der Waals surface area contributed by atoms with Crippen molar-refractivity contribution in [1.82, 2.24) is 9.55 Å².